The number of halogens is 1. The Labute approximate surface area is 128 Å². The zero-order valence-electron chi connectivity index (χ0n) is 10.9. The zero-order chi connectivity index (χ0) is 15.5. The minimum Gasteiger partial charge on any atom is -0.397 e. The highest BCUT2D eigenvalue weighted by molar-refractivity contribution is 7.91. The topological polar surface area (TPSA) is 96.0 Å². The van der Waals surface area contributed by atoms with Gasteiger partial charge >= 0.3 is 0 Å². The van der Waals surface area contributed by atoms with Crippen molar-refractivity contribution in [2.45, 2.75) is 5.75 Å². The maximum absolute atomic E-state index is 12.1. The number of anilines is 2. The van der Waals surface area contributed by atoms with E-state index < -0.39 is 10.0 Å². The molecule has 0 amide bonds. The summed E-state index contributed by atoms with van der Waals surface area (Å²) >= 11 is 5.78. The monoisotopic (exact) mass is 321 g/mol. The van der Waals surface area contributed by atoms with Crippen LogP contribution in [0, 0.1) is 11.3 Å². The van der Waals surface area contributed by atoms with Crippen molar-refractivity contribution in [1.82, 2.24) is 0 Å². The van der Waals surface area contributed by atoms with E-state index in [4.69, 9.17) is 22.6 Å². The fourth-order valence-corrected chi connectivity index (χ4v) is 3.02. The molecule has 0 heterocycles. The average Bonchev–Trinajstić information content (AvgIpc) is 2.43. The maximum atomic E-state index is 12.1. The number of rotatable bonds is 4. The molecule has 2 aromatic carbocycles. The first kappa shape index (κ1) is 15.2. The molecule has 3 N–H and O–H groups in total. The average molecular weight is 322 g/mol. The molecular weight excluding hydrogens is 310 g/mol. The van der Waals surface area contributed by atoms with Gasteiger partial charge in [-0.1, -0.05) is 23.7 Å². The lowest BCUT2D eigenvalue weighted by Gasteiger charge is -2.09. The van der Waals surface area contributed by atoms with Gasteiger partial charge < -0.3 is 5.73 Å². The van der Waals surface area contributed by atoms with Gasteiger partial charge in [-0.3, -0.25) is 4.72 Å². The number of benzene rings is 2. The van der Waals surface area contributed by atoms with Crippen molar-refractivity contribution >= 4 is 33.0 Å². The molecule has 5 nitrogen and oxygen atoms in total. The van der Waals surface area contributed by atoms with Crippen LogP contribution < -0.4 is 10.5 Å². The first-order chi connectivity index (χ1) is 9.89. The number of hydrogen-bond acceptors (Lipinski definition) is 4. The van der Waals surface area contributed by atoms with Gasteiger partial charge in [-0.25, -0.2) is 8.42 Å². The summed E-state index contributed by atoms with van der Waals surface area (Å²) in [6.45, 7) is 0. The van der Waals surface area contributed by atoms with E-state index in [-0.39, 0.29) is 5.75 Å². The second-order valence-electron chi connectivity index (χ2n) is 4.41. The molecule has 0 aliphatic heterocycles. The van der Waals surface area contributed by atoms with Crippen molar-refractivity contribution in [2.24, 2.45) is 0 Å². The van der Waals surface area contributed by atoms with E-state index in [1.165, 1.54) is 18.2 Å². The van der Waals surface area contributed by atoms with Gasteiger partial charge in [-0.15, -0.1) is 0 Å². The summed E-state index contributed by atoms with van der Waals surface area (Å²) in [4.78, 5) is 0. The van der Waals surface area contributed by atoms with Gasteiger partial charge in [0.2, 0.25) is 10.0 Å². The minimum atomic E-state index is -3.57. The molecule has 0 spiro atoms. The number of nitrogens with two attached hydrogens (primary N) is 1. The second kappa shape index (κ2) is 6.04. The molecule has 108 valence electrons. The predicted octanol–water partition coefficient (Wildman–Crippen LogP) is 2.74. The Balaban J connectivity index is 2.14. The normalized spacial score (nSPS) is 10.9. The molecule has 2 aromatic rings. The molecule has 0 atom stereocenters. The lowest BCUT2D eigenvalue weighted by Crippen LogP contribution is -2.15. The summed E-state index contributed by atoms with van der Waals surface area (Å²) in [5.41, 5.74) is 7.35. The molecule has 7 heteroatoms. The number of nitrogen functional groups attached to an aromatic ring is 1. The minimum absolute atomic E-state index is 0.193. The molecule has 2 rings (SSSR count). The van der Waals surface area contributed by atoms with Gasteiger partial charge in [0.1, 0.15) is 0 Å². The number of nitrogens with one attached hydrogen (secondary N) is 1. The standard InChI is InChI=1S/C14H12ClN3O2S/c15-13-6-5-12(7-14(13)17)18-21(19,20)9-11-3-1-10(8-16)2-4-11/h1-7,18H,9,17H2. The predicted molar refractivity (Wildman–Crippen MR) is 83.3 cm³/mol. The van der Waals surface area contributed by atoms with Crippen molar-refractivity contribution in [2.75, 3.05) is 10.5 Å². The van der Waals surface area contributed by atoms with Gasteiger partial charge in [-0.2, -0.15) is 5.26 Å². The molecule has 0 unspecified atom stereocenters. The smallest absolute Gasteiger partial charge is 0.236 e. The van der Waals surface area contributed by atoms with Crippen LogP contribution in [0.4, 0.5) is 11.4 Å². The Kier molecular flexibility index (Phi) is 4.36. The van der Waals surface area contributed by atoms with Crippen molar-refractivity contribution in [1.29, 1.82) is 5.26 Å². The van der Waals surface area contributed by atoms with Crippen LogP contribution in [-0.4, -0.2) is 8.42 Å². The van der Waals surface area contributed by atoms with Gasteiger partial charge in [-0.05, 0) is 35.9 Å². The Morgan fingerprint density at radius 1 is 1.19 bits per heavy atom. The summed E-state index contributed by atoms with van der Waals surface area (Å²) in [5, 5.41) is 9.07. The Morgan fingerprint density at radius 2 is 1.86 bits per heavy atom. The number of nitrogens with zero attached hydrogens (tertiary/aromatic N) is 1. The fraction of sp³-hybridized carbons (Fsp3) is 0.0714. The SMILES string of the molecule is N#Cc1ccc(CS(=O)(=O)Nc2ccc(Cl)c(N)c2)cc1. The lowest BCUT2D eigenvalue weighted by molar-refractivity contribution is 0.600. The van der Waals surface area contributed by atoms with Gasteiger partial charge in [0.15, 0.2) is 0 Å². The fourth-order valence-electron chi connectivity index (χ4n) is 1.72. The van der Waals surface area contributed by atoms with Crippen LogP contribution in [0.15, 0.2) is 42.5 Å². The molecule has 0 bridgehead atoms. The van der Waals surface area contributed by atoms with Crippen LogP contribution >= 0.6 is 11.6 Å². The van der Waals surface area contributed by atoms with Crippen LogP contribution in [0.2, 0.25) is 5.02 Å². The summed E-state index contributed by atoms with van der Waals surface area (Å²) in [6, 6.07) is 12.9. The molecule has 0 aromatic heterocycles. The highest BCUT2D eigenvalue weighted by atomic mass is 35.5. The molecule has 0 saturated heterocycles. The van der Waals surface area contributed by atoms with Crippen LogP contribution in [0.5, 0.6) is 0 Å². The third-order valence-electron chi connectivity index (χ3n) is 2.71. The molecule has 0 radical (unpaired) electrons. The third kappa shape index (κ3) is 4.12. The Bertz CT molecular complexity index is 796. The van der Waals surface area contributed by atoms with E-state index in [9.17, 15) is 8.42 Å². The first-order valence-electron chi connectivity index (χ1n) is 5.94. The number of sulfonamides is 1. The molecule has 0 aliphatic rings. The van der Waals surface area contributed by atoms with Crippen LogP contribution in [0.3, 0.4) is 0 Å². The van der Waals surface area contributed by atoms with Crippen molar-refractivity contribution in [3.05, 3.63) is 58.6 Å². The molecule has 21 heavy (non-hydrogen) atoms. The lowest BCUT2D eigenvalue weighted by atomic mass is 10.2. The Hall–Kier alpha value is -2.23. The quantitative estimate of drug-likeness (QED) is 0.846. The first-order valence-corrected chi connectivity index (χ1v) is 7.97. The molecule has 0 aliphatic carbocycles. The second-order valence-corrected chi connectivity index (χ2v) is 6.54. The van der Waals surface area contributed by atoms with E-state index in [0.717, 1.165) is 0 Å². The van der Waals surface area contributed by atoms with Gasteiger partial charge in [0.05, 0.1) is 33.8 Å². The van der Waals surface area contributed by atoms with Gasteiger partial charge in [0, 0.05) is 0 Å². The third-order valence-corrected chi connectivity index (χ3v) is 4.31. The number of hydrogen-bond donors (Lipinski definition) is 2. The highest BCUT2D eigenvalue weighted by Crippen LogP contribution is 2.23. The highest BCUT2D eigenvalue weighted by Gasteiger charge is 2.12. The maximum Gasteiger partial charge on any atom is 0.236 e. The van der Waals surface area contributed by atoms with E-state index >= 15 is 0 Å². The summed E-state index contributed by atoms with van der Waals surface area (Å²) < 4.78 is 26.6. The molecule has 0 fully saturated rings. The summed E-state index contributed by atoms with van der Waals surface area (Å²) in [5.74, 6) is -0.193. The largest absolute Gasteiger partial charge is 0.397 e. The zero-order valence-corrected chi connectivity index (χ0v) is 12.4. The van der Waals surface area contributed by atoms with Crippen molar-refractivity contribution < 1.29 is 8.42 Å². The summed E-state index contributed by atoms with van der Waals surface area (Å²) in [7, 11) is -3.57. The van der Waals surface area contributed by atoms with Crippen LogP contribution in [0.1, 0.15) is 11.1 Å². The van der Waals surface area contributed by atoms with Crippen LogP contribution in [-0.2, 0) is 15.8 Å². The summed E-state index contributed by atoms with van der Waals surface area (Å²) in [6.07, 6.45) is 0. The van der Waals surface area contributed by atoms with E-state index in [1.54, 1.807) is 24.3 Å². The van der Waals surface area contributed by atoms with Crippen molar-refractivity contribution in [3.63, 3.8) is 0 Å². The van der Waals surface area contributed by atoms with Crippen LogP contribution in [0.25, 0.3) is 0 Å². The number of nitriles is 1. The van der Waals surface area contributed by atoms with E-state index in [0.29, 0.717) is 27.5 Å². The molecular formula is C14H12ClN3O2S. The molecule has 0 saturated carbocycles. The Morgan fingerprint density at radius 3 is 2.43 bits per heavy atom. The van der Waals surface area contributed by atoms with Gasteiger partial charge in [0.25, 0.3) is 0 Å². The van der Waals surface area contributed by atoms with E-state index in [1.807, 2.05) is 6.07 Å². The van der Waals surface area contributed by atoms with Crippen molar-refractivity contribution in [3.8, 4) is 6.07 Å². The van der Waals surface area contributed by atoms with E-state index in [2.05, 4.69) is 4.72 Å².